The Morgan fingerprint density at radius 3 is 2.02 bits per heavy atom. The highest BCUT2D eigenvalue weighted by atomic mass is 32.2. The number of nitrogens with zero attached hydrogens (tertiary/aromatic N) is 4. The van der Waals surface area contributed by atoms with Crippen LogP contribution in [-0.2, 0) is 11.3 Å². The Labute approximate surface area is 257 Å². The Morgan fingerprint density at radius 2 is 1.44 bits per heavy atom. The number of thioether (sulfide) groups is 1. The van der Waals surface area contributed by atoms with Gasteiger partial charge >= 0.3 is 0 Å². The van der Waals surface area contributed by atoms with E-state index in [0.29, 0.717) is 27.9 Å². The molecule has 0 aromatic carbocycles. The molecule has 1 aromatic heterocycles. The van der Waals surface area contributed by atoms with E-state index in [-0.39, 0.29) is 17.0 Å². The lowest BCUT2D eigenvalue weighted by molar-refractivity contribution is -0.122. The van der Waals surface area contributed by atoms with Crippen LogP contribution in [-0.4, -0.2) is 39.3 Å². The van der Waals surface area contributed by atoms with Crippen LogP contribution in [0.5, 0.6) is 0 Å². The number of unbranched alkanes of at least 4 members (excludes halogenated alkanes) is 10. The number of amides is 1. The van der Waals surface area contributed by atoms with Gasteiger partial charge in [-0.3, -0.25) is 19.1 Å². The summed E-state index contributed by atoms with van der Waals surface area (Å²) in [5.74, 6) is 0.809. The standard InChI is InChI=1S/C33H50N4O2S2/c1-4-6-8-9-10-11-12-13-14-19-23-37-32(39)29(41-33(37)40)24-27-26(3)28(25-34)31(38)36(22-7-5-2)30(27)35-20-17-15-16-18-21-35/h24H,4-23H2,1-3H3. The largest absolute Gasteiger partial charge is 0.357 e. The van der Waals surface area contributed by atoms with Gasteiger partial charge in [0.05, 0.1) is 4.91 Å². The van der Waals surface area contributed by atoms with Crippen LogP contribution in [0.4, 0.5) is 5.82 Å². The van der Waals surface area contributed by atoms with E-state index in [0.717, 1.165) is 63.0 Å². The minimum Gasteiger partial charge on any atom is -0.357 e. The zero-order chi connectivity index (χ0) is 29.6. The molecule has 2 saturated heterocycles. The maximum absolute atomic E-state index is 13.5. The van der Waals surface area contributed by atoms with Crippen molar-refractivity contribution >= 4 is 46.1 Å². The molecule has 1 aromatic rings. The van der Waals surface area contributed by atoms with Gasteiger partial charge in [-0.2, -0.15) is 5.26 Å². The summed E-state index contributed by atoms with van der Waals surface area (Å²) < 4.78 is 2.41. The minimum absolute atomic E-state index is 0.0537. The first-order valence-corrected chi connectivity index (χ1v) is 17.3. The molecular formula is C33H50N4O2S2. The van der Waals surface area contributed by atoms with Gasteiger partial charge in [0, 0.05) is 31.7 Å². The summed E-state index contributed by atoms with van der Waals surface area (Å²) in [6.45, 7) is 9.17. The highest BCUT2D eigenvalue weighted by Crippen LogP contribution is 2.36. The van der Waals surface area contributed by atoms with Crippen molar-refractivity contribution in [1.29, 1.82) is 5.26 Å². The average Bonchev–Trinajstić information content (AvgIpc) is 3.12. The van der Waals surface area contributed by atoms with Gasteiger partial charge in [0.1, 0.15) is 21.8 Å². The molecule has 8 heteroatoms. The monoisotopic (exact) mass is 598 g/mol. The summed E-state index contributed by atoms with van der Waals surface area (Å²) in [5.41, 5.74) is 1.43. The summed E-state index contributed by atoms with van der Waals surface area (Å²) in [7, 11) is 0. The fourth-order valence-corrected chi connectivity index (χ4v) is 7.16. The number of carbonyl (C=O) groups is 1. The van der Waals surface area contributed by atoms with Crippen LogP contribution in [0, 0.1) is 18.3 Å². The highest BCUT2D eigenvalue weighted by Gasteiger charge is 2.33. The molecule has 2 fully saturated rings. The van der Waals surface area contributed by atoms with Crippen LogP contribution >= 0.6 is 24.0 Å². The third kappa shape index (κ3) is 9.19. The molecule has 3 heterocycles. The van der Waals surface area contributed by atoms with E-state index in [1.165, 1.54) is 76.0 Å². The molecule has 226 valence electrons. The lowest BCUT2D eigenvalue weighted by Crippen LogP contribution is -2.35. The van der Waals surface area contributed by atoms with E-state index >= 15 is 0 Å². The molecule has 0 bridgehead atoms. The van der Waals surface area contributed by atoms with Gasteiger partial charge < -0.3 is 4.90 Å². The quantitative estimate of drug-likeness (QED) is 0.108. The molecule has 0 radical (unpaired) electrons. The van der Waals surface area contributed by atoms with Crippen LogP contribution in [0.25, 0.3) is 6.08 Å². The third-order valence-corrected chi connectivity index (χ3v) is 9.75. The van der Waals surface area contributed by atoms with Gasteiger partial charge in [-0.1, -0.05) is 115 Å². The van der Waals surface area contributed by atoms with Gasteiger partial charge in [-0.15, -0.1) is 0 Å². The van der Waals surface area contributed by atoms with Crippen LogP contribution in [0.1, 0.15) is 133 Å². The Morgan fingerprint density at radius 1 is 0.854 bits per heavy atom. The SMILES string of the molecule is CCCCCCCCCCCCN1C(=O)C(=Cc2c(C)c(C#N)c(=O)n(CCCC)c2N2CCCCCC2)SC1=S. The number of carbonyl (C=O) groups excluding carboxylic acids is 1. The van der Waals surface area contributed by atoms with Crippen molar-refractivity contribution in [2.24, 2.45) is 0 Å². The molecule has 0 atom stereocenters. The molecule has 0 saturated carbocycles. The molecule has 2 aliphatic rings. The second-order valence-electron chi connectivity index (χ2n) is 11.6. The molecule has 0 N–H and O–H groups in total. The Bertz CT molecular complexity index is 1160. The van der Waals surface area contributed by atoms with Gasteiger partial charge in [-0.25, -0.2) is 0 Å². The number of hydrogen-bond acceptors (Lipinski definition) is 6. The van der Waals surface area contributed by atoms with E-state index in [2.05, 4.69) is 24.8 Å². The summed E-state index contributed by atoms with van der Waals surface area (Å²) >= 11 is 7.00. The second-order valence-corrected chi connectivity index (χ2v) is 13.3. The topological polar surface area (TPSA) is 69.3 Å². The number of aromatic nitrogens is 1. The van der Waals surface area contributed by atoms with Gasteiger partial charge in [0.15, 0.2) is 0 Å². The predicted octanol–water partition coefficient (Wildman–Crippen LogP) is 8.33. The van der Waals surface area contributed by atoms with Crippen molar-refractivity contribution in [3.63, 3.8) is 0 Å². The third-order valence-electron chi connectivity index (χ3n) is 8.37. The second kappa shape index (κ2) is 17.8. The van der Waals surface area contributed by atoms with Gasteiger partial charge in [0.25, 0.3) is 11.5 Å². The van der Waals surface area contributed by atoms with Gasteiger partial charge in [0.2, 0.25) is 0 Å². The van der Waals surface area contributed by atoms with Crippen molar-refractivity contribution in [3.8, 4) is 6.07 Å². The summed E-state index contributed by atoms with van der Waals surface area (Å²) in [5, 5.41) is 9.94. The van der Waals surface area contributed by atoms with Crippen molar-refractivity contribution < 1.29 is 4.79 Å². The number of pyridine rings is 1. The van der Waals surface area contributed by atoms with E-state index < -0.39 is 0 Å². The van der Waals surface area contributed by atoms with E-state index in [4.69, 9.17) is 12.2 Å². The normalized spacial score (nSPS) is 17.0. The zero-order valence-electron chi connectivity index (χ0n) is 25.6. The first-order chi connectivity index (χ1) is 19.9. The van der Waals surface area contributed by atoms with Crippen molar-refractivity contribution in [3.05, 3.63) is 31.9 Å². The van der Waals surface area contributed by atoms with Crippen molar-refractivity contribution in [2.45, 2.75) is 130 Å². The van der Waals surface area contributed by atoms with E-state index in [1.54, 1.807) is 9.47 Å². The molecular weight excluding hydrogens is 549 g/mol. The number of nitriles is 1. The lowest BCUT2D eigenvalue weighted by Gasteiger charge is -2.29. The smallest absolute Gasteiger partial charge is 0.270 e. The zero-order valence-corrected chi connectivity index (χ0v) is 27.3. The van der Waals surface area contributed by atoms with Crippen LogP contribution < -0.4 is 10.5 Å². The molecule has 0 spiro atoms. The highest BCUT2D eigenvalue weighted by molar-refractivity contribution is 8.26. The van der Waals surface area contributed by atoms with E-state index in [9.17, 15) is 14.9 Å². The maximum Gasteiger partial charge on any atom is 0.270 e. The first-order valence-electron chi connectivity index (χ1n) is 16.1. The first kappa shape index (κ1) is 33.4. The fraction of sp³-hybridized carbons (Fsp3) is 0.697. The maximum atomic E-state index is 13.5. The van der Waals surface area contributed by atoms with Crippen LogP contribution in [0.3, 0.4) is 0 Å². The number of rotatable bonds is 16. The summed E-state index contributed by atoms with van der Waals surface area (Å²) in [6.07, 6.45) is 20.7. The van der Waals surface area contributed by atoms with Crippen molar-refractivity contribution in [2.75, 3.05) is 24.5 Å². The number of anilines is 1. The minimum atomic E-state index is -0.219. The molecule has 6 nitrogen and oxygen atoms in total. The average molecular weight is 599 g/mol. The van der Waals surface area contributed by atoms with Crippen LogP contribution in [0.15, 0.2) is 9.70 Å². The van der Waals surface area contributed by atoms with Crippen molar-refractivity contribution in [1.82, 2.24) is 9.47 Å². The van der Waals surface area contributed by atoms with Crippen LogP contribution in [0.2, 0.25) is 0 Å². The Balaban J connectivity index is 1.78. The lowest BCUT2D eigenvalue weighted by atomic mass is 10.0. The Kier molecular flexibility index (Phi) is 14.5. The molecule has 1 amide bonds. The molecule has 0 unspecified atom stereocenters. The van der Waals surface area contributed by atoms with E-state index in [1.807, 2.05) is 13.0 Å². The predicted molar refractivity (Wildman–Crippen MR) is 177 cm³/mol. The molecule has 3 rings (SSSR count). The molecule has 41 heavy (non-hydrogen) atoms. The fourth-order valence-electron chi connectivity index (χ4n) is 5.87. The summed E-state index contributed by atoms with van der Waals surface area (Å²) in [4.78, 5) is 31.7. The number of thiocarbonyl (C=S) groups is 1. The number of hydrogen-bond donors (Lipinski definition) is 0. The van der Waals surface area contributed by atoms with Gasteiger partial charge in [-0.05, 0) is 44.2 Å². The summed E-state index contributed by atoms with van der Waals surface area (Å²) in [6, 6.07) is 2.17. The molecule has 0 aliphatic carbocycles. The Hall–Kier alpha value is -2.11. The molecule has 2 aliphatic heterocycles.